The number of fused-ring (bicyclic) bond motifs is 1. The Hall–Kier alpha value is -2.03. The summed E-state index contributed by atoms with van der Waals surface area (Å²) in [5.41, 5.74) is 0.662. The van der Waals surface area contributed by atoms with Gasteiger partial charge in [-0.3, -0.25) is 14.4 Å². The minimum absolute atomic E-state index is 0.0335. The number of likely N-dealkylation sites (tertiary alicyclic amines) is 1. The molecule has 7 nitrogen and oxygen atoms in total. The predicted octanol–water partition coefficient (Wildman–Crippen LogP) is 3.83. The first-order chi connectivity index (χ1) is 16.8. The number of thioether (sulfide) groups is 1. The van der Waals surface area contributed by atoms with Gasteiger partial charge in [-0.15, -0.1) is 18.3 Å². The van der Waals surface area contributed by atoms with Crippen molar-refractivity contribution in [3.8, 4) is 0 Å². The molecule has 0 radical (unpaired) electrons. The summed E-state index contributed by atoms with van der Waals surface area (Å²) in [6.07, 6.45) is 5.39. The van der Waals surface area contributed by atoms with Crippen molar-refractivity contribution in [2.75, 3.05) is 24.6 Å². The van der Waals surface area contributed by atoms with Crippen molar-refractivity contribution >= 4 is 46.8 Å². The highest BCUT2D eigenvalue weighted by molar-refractivity contribution is 8.02. The van der Waals surface area contributed by atoms with Gasteiger partial charge in [-0.1, -0.05) is 37.4 Å². The molecule has 1 aromatic rings. The molecule has 35 heavy (non-hydrogen) atoms. The lowest BCUT2D eigenvalue weighted by Crippen LogP contribution is -2.57. The van der Waals surface area contributed by atoms with Gasteiger partial charge in [0.2, 0.25) is 5.91 Å². The van der Waals surface area contributed by atoms with Gasteiger partial charge in [0.1, 0.15) is 6.04 Å². The summed E-state index contributed by atoms with van der Waals surface area (Å²) < 4.78 is -0.765. The zero-order valence-corrected chi connectivity index (χ0v) is 21.5. The molecule has 3 saturated heterocycles. The lowest BCUT2D eigenvalue weighted by Gasteiger charge is -2.40. The average Bonchev–Trinajstić information content (AvgIpc) is 3.41. The maximum absolute atomic E-state index is 14.3. The second kappa shape index (κ2) is 10.5. The van der Waals surface area contributed by atoms with Crippen LogP contribution in [0.25, 0.3) is 0 Å². The number of amides is 2. The Morgan fingerprint density at radius 1 is 1.26 bits per heavy atom. The number of hydrogen-bond acceptors (Lipinski definition) is 5. The van der Waals surface area contributed by atoms with E-state index in [1.54, 1.807) is 51.9 Å². The van der Waals surface area contributed by atoms with E-state index in [4.69, 9.17) is 16.7 Å². The van der Waals surface area contributed by atoms with E-state index in [0.29, 0.717) is 36.5 Å². The van der Waals surface area contributed by atoms with Crippen LogP contribution < -0.4 is 4.90 Å². The first-order valence-corrected chi connectivity index (χ1v) is 13.5. The number of aliphatic carboxylic acids is 1. The van der Waals surface area contributed by atoms with E-state index in [1.165, 1.54) is 0 Å². The van der Waals surface area contributed by atoms with E-state index in [0.717, 1.165) is 12.8 Å². The molecule has 2 bridgehead atoms. The zero-order chi connectivity index (χ0) is 25.3. The number of unbranched alkanes of at least 4 members (excludes halogenated alkanes) is 3. The number of hydrogen-bond donors (Lipinski definition) is 2. The number of nitrogens with zero attached hydrogens (tertiary/aromatic N) is 2. The summed E-state index contributed by atoms with van der Waals surface area (Å²) >= 11 is 7.62. The molecule has 4 rings (SSSR count). The molecule has 9 heteroatoms. The summed E-state index contributed by atoms with van der Waals surface area (Å²) in [7, 11) is 0. The van der Waals surface area contributed by atoms with Gasteiger partial charge in [-0.2, -0.15) is 0 Å². The van der Waals surface area contributed by atoms with Crippen LogP contribution in [0.4, 0.5) is 5.69 Å². The van der Waals surface area contributed by atoms with Crippen molar-refractivity contribution in [1.82, 2.24) is 4.90 Å². The van der Waals surface area contributed by atoms with Crippen molar-refractivity contribution in [2.24, 2.45) is 17.8 Å². The molecule has 2 N–H and O–H groups in total. The number of halogens is 1. The van der Waals surface area contributed by atoms with Gasteiger partial charge < -0.3 is 20.0 Å². The molecule has 3 fully saturated rings. The number of carbonyl (C=O) groups is 3. The second-order valence-electron chi connectivity index (χ2n) is 9.77. The Balaban J connectivity index is 1.72. The van der Waals surface area contributed by atoms with Crippen LogP contribution in [0, 0.1) is 17.8 Å². The van der Waals surface area contributed by atoms with Gasteiger partial charge in [0.15, 0.2) is 0 Å². The zero-order valence-electron chi connectivity index (χ0n) is 19.9. The molecule has 3 aliphatic rings. The highest BCUT2D eigenvalue weighted by Crippen LogP contribution is 2.68. The molecule has 3 aliphatic heterocycles. The molecule has 3 heterocycles. The van der Waals surface area contributed by atoms with Crippen LogP contribution in [-0.2, 0) is 14.4 Å². The molecule has 0 saturated carbocycles. The van der Waals surface area contributed by atoms with Gasteiger partial charge in [0.25, 0.3) is 5.91 Å². The summed E-state index contributed by atoms with van der Waals surface area (Å²) in [5, 5.41) is 19.5. The number of carboxylic acid groups (broad SMARTS) is 1. The summed E-state index contributed by atoms with van der Waals surface area (Å²) in [4.78, 5) is 43.7. The Morgan fingerprint density at radius 2 is 1.94 bits per heavy atom. The Morgan fingerprint density at radius 3 is 2.57 bits per heavy atom. The number of carboxylic acids is 1. The number of carbonyl (C=O) groups excluding carboxylic acids is 2. The van der Waals surface area contributed by atoms with E-state index < -0.39 is 28.6 Å². The molecule has 2 amide bonds. The number of anilines is 1. The van der Waals surface area contributed by atoms with Crippen LogP contribution in [0.15, 0.2) is 36.9 Å². The normalized spacial score (nSPS) is 31.0. The summed E-state index contributed by atoms with van der Waals surface area (Å²) in [6, 6.07) is 6.25. The van der Waals surface area contributed by atoms with E-state index in [9.17, 15) is 19.5 Å². The van der Waals surface area contributed by atoms with Crippen molar-refractivity contribution in [3.05, 3.63) is 41.9 Å². The first-order valence-electron chi connectivity index (χ1n) is 12.3. The molecular weight excluding hydrogens is 488 g/mol. The van der Waals surface area contributed by atoms with Crippen molar-refractivity contribution in [3.63, 3.8) is 0 Å². The Labute approximate surface area is 215 Å². The standard InChI is InChI=1S/C26H33ClN2O5S/c1-3-12-28(18-10-8-17(27)9-11-18)24(32)22-26-16(2)15-19(35-26)20(25(33)34)21(26)23(31)29(22)13-6-4-5-7-14-30/h3,8-11,16,19-22,30H,1,4-7,12-15H2,2H3,(H,33,34)/t16?,19-,20+,21+,22?,26?/m1/s1. The van der Waals surface area contributed by atoms with Crippen LogP contribution in [0.5, 0.6) is 0 Å². The Bertz CT molecular complexity index is 988. The van der Waals surface area contributed by atoms with E-state index in [-0.39, 0.29) is 36.1 Å². The van der Waals surface area contributed by atoms with Gasteiger partial charge in [0.05, 0.1) is 16.6 Å². The second-order valence-corrected chi connectivity index (χ2v) is 11.8. The van der Waals surface area contributed by atoms with Crippen LogP contribution in [-0.4, -0.2) is 68.6 Å². The van der Waals surface area contributed by atoms with E-state index in [2.05, 4.69) is 13.5 Å². The third kappa shape index (κ3) is 4.38. The maximum atomic E-state index is 14.3. The molecule has 1 aromatic carbocycles. The molecule has 0 aliphatic carbocycles. The Kier molecular flexibility index (Phi) is 7.83. The monoisotopic (exact) mass is 520 g/mol. The van der Waals surface area contributed by atoms with Gasteiger partial charge >= 0.3 is 5.97 Å². The molecule has 6 atom stereocenters. The summed E-state index contributed by atoms with van der Waals surface area (Å²) in [6.45, 7) is 6.66. The lowest BCUT2D eigenvalue weighted by molar-refractivity contribution is -0.149. The average molecular weight is 521 g/mol. The molecule has 0 aromatic heterocycles. The smallest absolute Gasteiger partial charge is 0.308 e. The molecule has 1 spiro atoms. The molecule has 190 valence electrons. The molecular formula is C26H33ClN2O5S. The number of benzene rings is 1. The van der Waals surface area contributed by atoms with Crippen LogP contribution in [0.3, 0.4) is 0 Å². The number of aliphatic hydroxyl groups excluding tert-OH is 1. The summed E-state index contributed by atoms with van der Waals surface area (Å²) in [5.74, 6) is -2.82. The fourth-order valence-electron chi connectivity index (χ4n) is 6.29. The SMILES string of the molecule is C=CCN(C(=O)C1N(CCCCCCO)C(=O)[C@@H]2[C@@H](C(=O)O)[C@H]3CC(C)C12S3)c1ccc(Cl)cc1. The van der Waals surface area contributed by atoms with Gasteiger partial charge in [0, 0.05) is 35.7 Å². The van der Waals surface area contributed by atoms with Crippen molar-refractivity contribution in [2.45, 2.75) is 55.1 Å². The topological polar surface area (TPSA) is 98.2 Å². The van der Waals surface area contributed by atoms with Gasteiger partial charge in [-0.05, 0) is 49.4 Å². The van der Waals surface area contributed by atoms with Gasteiger partial charge in [-0.25, -0.2) is 0 Å². The third-order valence-electron chi connectivity index (χ3n) is 7.79. The number of aliphatic hydroxyl groups is 1. The first kappa shape index (κ1) is 26.0. The highest BCUT2D eigenvalue weighted by atomic mass is 35.5. The lowest BCUT2D eigenvalue weighted by atomic mass is 9.66. The van der Waals surface area contributed by atoms with Crippen LogP contribution >= 0.6 is 23.4 Å². The third-order valence-corrected chi connectivity index (χ3v) is 10.1. The highest BCUT2D eigenvalue weighted by Gasteiger charge is 2.76. The predicted molar refractivity (Wildman–Crippen MR) is 138 cm³/mol. The largest absolute Gasteiger partial charge is 0.481 e. The van der Waals surface area contributed by atoms with E-state index in [1.807, 2.05) is 0 Å². The van der Waals surface area contributed by atoms with E-state index >= 15 is 0 Å². The van der Waals surface area contributed by atoms with Crippen molar-refractivity contribution < 1.29 is 24.6 Å². The minimum atomic E-state index is -0.953. The fourth-order valence-corrected chi connectivity index (χ4v) is 8.82. The molecule has 3 unspecified atom stereocenters. The quantitative estimate of drug-likeness (QED) is 0.340. The maximum Gasteiger partial charge on any atom is 0.308 e. The van der Waals surface area contributed by atoms with Crippen LogP contribution in [0.2, 0.25) is 5.02 Å². The van der Waals surface area contributed by atoms with Crippen LogP contribution in [0.1, 0.15) is 39.0 Å². The number of rotatable bonds is 11. The minimum Gasteiger partial charge on any atom is -0.481 e. The van der Waals surface area contributed by atoms with Crippen molar-refractivity contribution in [1.29, 1.82) is 0 Å². The fraction of sp³-hybridized carbons (Fsp3) is 0.577.